The highest BCUT2D eigenvalue weighted by molar-refractivity contribution is 7.20. The first-order chi connectivity index (χ1) is 10.1. The number of carbonyl (C=O) groups excluding carboxylic acids is 1. The molecule has 0 radical (unpaired) electrons. The molecule has 1 N–H and O–H groups in total. The van der Waals surface area contributed by atoms with Gasteiger partial charge in [-0.25, -0.2) is 4.98 Å². The van der Waals surface area contributed by atoms with Crippen LogP contribution in [-0.4, -0.2) is 16.9 Å². The molecule has 2 aromatic heterocycles. The fourth-order valence-electron chi connectivity index (χ4n) is 2.26. The van der Waals surface area contributed by atoms with Crippen LogP contribution in [0.5, 0.6) is 0 Å². The number of amides is 1. The molecule has 1 unspecified atom stereocenters. The highest BCUT2D eigenvalue weighted by Gasteiger charge is 2.13. The molecule has 1 aromatic carbocycles. The number of hydrogen-bond acceptors (Lipinski definition) is 3. The summed E-state index contributed by atoms with van der Waals surface area (Å²) in [6.07, 6.45) is 0.929. The second-order valence-corrected chi connectivity index (χ2v) is 6.50. The molecule has 0 saturated carbocycles. The largest absolute Gasteiger partial charge is 0.349 e. The van der Waals surface area contributed by atoms with Gasteiger partial charge in [0, 0.05) is 16.8 Å². The number of fused-ring (bicyclic) bond motifs is 2. The van der Waals surface area contributed by atoms with Crippen molar-refractivity contribution < 1.29 is 4.79 Å². The fraction of sp³-hybridized carbons (Fsp3) is 0.294. The van der Waals surface area contributed by atoms with Crippen molar-refractivity contribution in [3.63, 3.8) is 0 Å². The molecule has 108 valence electrons. The second-order valence-electron chi connectivity index (χ2n) is 5.47. The molecular weight excluding hydrogens is 280 g/mol. The predicted molar refractivity (Wildman–Crippen MR) is 89.1 cm³/mol. The van der Waals surface area contributed by atoms with Crippen molar-refractivity contribution in [3.8, 4) is 0 Å². The molecule has 4 heteroatoms. The zero-order valence-electron chi connectivity index (χ0n) is 12.4. The minimum atomic E-state index is -0.00686. The predicted octanol–water partition coefficient (Wildman–Crippen LogP) is 4.29. The zero-order chi connectivity index (χ0) is 15.0. The highest BCUT2D eigenvalue weighted by atomic mass is 32.1. The van der Waals surface area contributed by atoms with Crippen molar-refractivity contribution in [2.24, 2.45) is 0 Å². The maximum atomic E-state index is 12.2. The van der Waals surface area contributed by atoms with Crippen LogP contribution < -0.4 is 5.32 Å². The van der Waals surface area contributed by atoms with Crippen LogP contribution in [0.4, 0.5) is 0 Å². The topological polar surface area (TPSA) is 42.0 Å². The lowest BCUT2D eigenvalue weighted by atomic mass is 10.1. The zero-order valence-corrected chi connectivity index (χ0v) is 13.3. The van der Waals surface area contributed by atoms with Gasteiger partial charge in [-0.15, -0.1) is 11.3 Å². The number of nitrogens with one attached hydrogen (secondary N) is 1. The van der Waals surface area contributed by atoms with Crippen LogP contribution in [0.15, 0.2) is 30.3 Å². The Bertz CT molecular complexity index is 822. The van der Waals surface area contributed by atoms with Crippen molar-refractivity contribution in [1.29, 1.82) is 0 Å². The number of rotatable bonds is 3. The van der Waals surface area contributed by atoms with Gasteiger partial charge < -0.3 is 5.32 Å². The molecule has 1 atom stereocenters. The van der Waals surface area contributed by atoms with Crippen LogP contribution in [0.3, 0.4) is 0 Å². The van der Waals surface area contributed by atoms with Gasteiger partial charge in [-0.05, 0) is 44.5 Å². The Morgan fingerprint density at radius 1 is 1.29 bits per heavy atom. The first-order valence-electron chi connectivity index (χ1n) is 7.18. The van der Waals surface area contributed by atoms with Crippen LogP contribution in [0.1, 0.15) is 35.5 Å². The van der Waals surface area contributed by atoms with Crippen LogP contribution in [0.25, 0.3) is 21.1 Å². The van der Waals surface area contributed by atoms with E-state index in [1.165, 1.54) is 16.9 Å². The van der Waals surface area contributed by atoms with Gasteiger partial charge in [-0.3, -0.25) is 4.79 Å². The van der Waals surface area contributed by atoms with Crippen molar-refractivity contribution in [2.45, 2.75) is 33.2 Å². The van der Waals surface area contributed by atoms with Gasteiger partial charge in [0.2, 0.25) is 0 Å². The van der Waals surface area contributed by atoms with Gasteiger partial charge >= 0.3 is 0 Å². The van der Waals surface area contributed by atoms with E-state index in [1.54, 1.807) is 0 Å². The summed E-state index contributed by atoms with van der Waals surface area (Å²) >= 11 is 1.45. The SMILES string of the molecule is CCC(C)NC(=O)c1cc2cc3cc(C)ccc3nc2s1. The lowest BCUT2D eigenvalue weighted by Gasteiger charge is -2.09. The van der Waals surface area contributed by atoms with Crippen LogP contribution in [0.2, 0.25) is 0 Å². The lowest BCUT2D eigenvalue weighted by Crippen LogP contribution is -2.31. The minimum Gasteiger partial charge on any atom is -0.349 e. The third kappa shape index (κ3) is 2.76. The second kappa shape index (κ2) is 5.45. The average molecular weight is 298 g/mol. The third-order valence-corrected chi connectivity index (χ3v) is 4.71. The Morgan fingerprint density at radius 3 is 2.86 bits per heavy atom. The normalized spacial score (nSPS) is 12.7. The number of nitrogens with zero attached hydrogens (tertiary/aromatic N) is 1. The Balaban J connectivity index is 2.03. The van der Waals surface area contributed by atoms with E-state index in [9.17, 15) is 4.79 Å². The van der Waals surface area contributed by atoms with E-state index in [-0.39, 0.29) is 11.9 Å². The summed E-state index contributed by atoms with van der Waals surface area (Å²) in [4.78, 5) is 18.5. The molecule has 3 rings (SSSR count). The van der Waals surface area contributed by atoms with Gasteiger partial charge in [-0.1, -0.05) is 18.6 Å². The van der Waals surface area contributed by atoms with E-state index in [0.29, 0.717) is 0 Å². The molecule has 0 aliphatic heterocycles. The summed E-state index contributed by atoms with van der Waals surface area (Å²) in [5, 5.41) is 5.16. The Labute approximate surface area is 128 Å². The molecule has 21 heavy (non-hydrogen) atoms. The van der Waals surface area contributed by atoms with E-state index in [4.69, 9.17) is 0 Å². The third-order valence-electron chi connectivity index (χ3n) is 3.67. The molecule has 0 aliphatic carbocycles. The Kier molecular flexibility index (Phi) is 3.64. The van der Waals surface area contributed by atoms with E-state index < -0.39 is 0 Å². The molecule has 3 aromatic rings. The van der Waals surface area contributed by atoms with Gasteiger partial charge in [0.1, 0.15) is 4.83 Å². The smallest absolute Gasteiger partial charge is 0.261 e. The van der Waals surface area contributed by atoms with Crippen LogP contribution in [-0.2, 0) is 0 Å². The molecule has 0 saturated heterocycles. The van der Waals surface area contributed by atoms with E-state index in [2.05, 4.69) is 42.3 Å². The van der Waals surface area contributed by atoms with E-state index in [0.717, 1.165) is 32.4 Å². The highest BCUT2D eigenvalue weighted by Crippen LogP contribution is 2.27. The van der Waals surface area contributed by atoms with Crippen molar-refractivity contribution >= 4 is 38.4 Å². The molecule has 1 amide bonds. The van der Waals surface area contributed by atoms with Gasteiger partial charge in [0.25, 0.3) is 5.91 Å². The number of thiophene rings is 1. The number of hydrogen-bond donors (Lipinski definition) is 1. The van der Waals surface area contributed by atoms with Crippen molar-refractivity contribution in [2.75, 3.05) is 0 Å². The first kappa shape index (κ1) is 14.0. The average Bonchev–Trinajstić information content (AvgIpc) is 2.87. The van der Waals surface area contributed by atoms with Crippen LogP contribution >= 0.6 is 11.3 Å². The molecule has 0 aliphatic rings. The number of benzene rings is 1. The Hall–Kier alpha value is -1.94. The van der Waals surface area contributed by atoms with Gasteiger partial charge in [0.05, 0.1) is 10.4 Å². The van der Waals surface area contributed by atoms with Crippen molar-refractivity contribution in [1.82, 2.24) is 10.3 Å². The minimum absolute atomic E-state index is 0.00686. The standard InChI is InChI=1S/C17H18N2OS/c1-4-11(3)18-16(20)15-9-13-8-12-7-10(2)5-6-14(12)19-17(13)21-15/h5-9,11H,4H2,1-3H3,(H,18,20). The molecule has 0 spiro atoms. The molecular formula is C17H18N2OS. The van der Waals surface area contributed by atoms with E-state index >= 15 is 0 Å². The molecule has 2 heterocycles. The summed E-state index contributed by atoms with van der Waals surface area (Å²) in [5.74, 6) is -0.00686. The summed E-state index contributed by atoms with van der Waals surface area (Å²) in [6, 6.07) is 10.5. The Morgan fingerprint density at radius 2 is 2.10 bits per heavy atom. The van der Waals surface area contributed by atoms with Gasteiger partial charge in [-0.2, -0.15) is 0 Å². The first-order valence-corrected chi connectivity index (χ1v) is 8.00. The lowest BCUT2D eigenvalue weighted by molar-refractivity contribution is 0.0943. The van der Waals surface area contributed by atoms with Gasteiger partial charge in [0.15, 0.2) is 0 Å². The quantitative estimate of drug-likeness (QED) is 0.784. The molecule has 3 nitrogen and oxygen atoms in total. The molecule has 0 bridgehead atoms. The summed E-state index contributed by atoms with van der Waals surface area (Å²) in [5.41, 5.74) is 2.19. The maximum Gasteiger partial charge on any atom is 0.261 e. The number of carbonyl (C=O) groups is 1. The molecule has 0 fully saturated rings. The summed E-state index contributed by atoms with van der Waals surface area (Å²) in [7, 11) is 0. The maximum absolute atomic E-state index is 12.2. The van der Waals surface area contributed by atoms with E-state index in [1.807, 2.05) is 19.1 Å². The number of pyridine rings is 1. The van der Waals surface area contributed by atoms with Crippen molar-refractivity contribution in [3.05, 3.63) is 40.8 Å². The number of aryl methyl sites for hydroxylation is 1. The van der Waals surface area contributed by atoms with Crippen LogP contribution in [0, 0.1) is 6.92 Å². The monoisotopic (exact) mass is 298 g/mol. The summed E-state index contributed by atoms with van der Waals surface area (Å²) < 4.78 is 0. The number of aromatic nitrogens is 1. The summed E-state index contributed by atoms with van der Waals surface area (Å²) in [6.45, 7) is 6.15. The fourth-order valence-corrected chi connectivity index (χ4v) is 3.19.